The van der Waals surface area contributed by atoms with E-state index in [1.165, 1.54) is 0 Å². The van der Waals surface area contributed by atoms with Crippen LogP contribution in [0, 0.1) is 0 Å². The third kappa shape index (κ3) is 3.32. The molecular formula is C22H24N2O2S. The molecule has 2 aromatic rings. The minimum atomic E-state index is -0.340. The Kier molecular flexibility index (Phi) is 5.12. The Balaban J connectivity index is 1.92. The summed E-state index contributed by atoms with van der Waals surface area (Å²) in [7, 11) is 0. The highest BCUT2D eigenvalue weighted by Crippen LogP contribution is 2.46. The first kappa shape index (κ1) is 18.0. The van der Waals surface area contributed by atoms with Crippen molar-refractivity contribution in [2.45, 2.75) is 51.5 Å². The summed E-state index contributed by atoms with van der Waals surface area (Å²) in [4.78, 5) is 29.2. The van der Waals surface area contributed by atoms with Gasteiger partial charge in [0.1, 0.15) is 6.04 Å². The SMILES string of the molecule is CCCCC(=O)N1c2ccccc2NC2=C(C(=O)CCC2)[C@@H]1c1cccs1. The van der Waals surface area contributed by atoms with Crippen LogP contribution in [0.5, 0.6) is 0 Å². The van der Waals surface area contributed by atoms with Crippen LogP contribution in [0.25, 0.3) is 0 Å². The molecule has 0 spiro atoms. The monoisotopic (exact) mass is 380 g/mol. The van der Waals surface area contributed by atoms with Gasteiger partial charge in [-0.15, -0.1) is 11.3 Å². The summed E-state index contributed by atoms with van der Waals surface area (Å²) in [5.74, 6) is 0.236. The summed E-state index contributed by atoms with van der Waals surface area (Å²) >= 11 is 1.61. The van der Waals surface area contributed by atoms with Crippen LogP contribution < -0.4 is 10.2 Å². The largest absolute Gasteiger partial charge is 0.357 e. The van der Waals surface area contributed by atoms with Gasteiger partial charge in [-0.25, -0.2) is 0 Å². The van der Waals surface area contributed by atoms with Gasteiger partial charge >= 0.3 is 0 Å². The molecule has 1 amide bonds. The summed E-state index contributed by atoms with van der Waals surface area (Å²) in [5.41, 5.74) is 3.51. The molecular weight excluding hydrogens is 356 g/mol. The fourth-order valence-corrected chi connectivity index (χ4v) is 4.80. The van der Waals surface area contributed by atoms with Gasteiger partial charge in [0.05, 0.1) is 11.4 Å². The lowest BCUT2D eigenvalue weighted by molar-refractivity contribution is -0.119. The maximum atomic E-state index is 13.3. The van der Waals surface area contributed by atoms with E-state index in [9.17, 15) is 9.59 Å². The molecule has 1 aromatic heterocycles. The summed E-state index contributed by atoms with van der Waals surface area (Å²) < 4.78 is 0. The van der Waals surface area contributed by atoms with Crippen LogP contribution in [-0.4, -0.2) is 11.7 Å². The molecule has 27 heavy (non-hydrogen) atoms. The van der Waals surface area contributed by atoms with E-state index in [1.54, 1.807) is 11.3 Å². The number of thiophene rings is 1. The Hall–Kier alpha value is -2.40. The maximum absolute atomic E-state index is 13.3. The molecule has 0 unspecified atom stereocenters. The molecule has 0 fully saturated rings. The molecule has 5 heteroatoms. The Bertz CT molecular complexity index is 885. The van der Waals surface area contributed by atoms with Crippen molar-refractivity contribution < 1.29 is 9.59 Å². The fraction of sp³-hybridized carbons (Fsp3) is 0.364. The smallest absolute Gasteiger partial charge is 0.227 e. The van der Waals surface area contributed by atoms with Crippen molar-refractivity contribution in [3.8, 4) is 0 Å². The Morgan fingerprint density at radius 1 is 1.22 bits per heavy atom. The van der Waals surface area contributed by atoms with Gasteiger partial charge in [0.2, 0.25) is 5.91 Å². The van der Waals surface area contributed by atoms with E-state index in [-0.39, 0.29) is 17.7 Å². The molecule has 1 atom stereocenters. The third-order valence-corrected chi connectivity index (χ3v) is 6.19. The van der Waals surface area contributed by atoms with Crippen LogP contribution >= 0.6 is 11.3 Å². The van der Waals surface area contributed by atoms with Crippen LogP contribution in [0.15, 0.2) is 53.0 Å². The van der Waals surface area contributed by atoms with Gasteiger partial charge in [-0.05, 0) is 42.8 Å². The molecule has 0 radical (unpaired) electrons. The molecule has 0 bridgehead atoms. The molecule has 1 aliphatic heterocycles. The molecule has 0 saturated heterocycles. The number of carbonyl (C=O) groups excluding carboxylic acids is 2. The third-order valence-electron chi connectivity index (χ3n) is 5.26. The van der Waals surface area contributed by atoms with Crippen molar-refractivity contribution in [3.63, 3.8) is 0 Å². The lowest BCUT2D eigenvalue weighted by Gasteiger charge is -2.33. The highest BCUT2D eigenvalue weighted by atomic mass is 32.1. The number of allylic oxidation sites excluding steroid dienone is 1. The number of para-hydroxylation sites is 2. The Morgan fingerprint density at radius 3 is 2.85 bits per heavy atom. The van der Waals surface area contributed by atoms with Crippen LogP contribution in [0.4, 0.5) is 11.4 Å². The number of ketones is 1. The molecule has 1 N–H and O–H groups in total. The number of benzene rings is 1. The molecule has 4 nitrogen and oxygen atoms in total. The van der Waals surface area contributed by atoms with Crippen LogP contribution in [0.2, 0.25) is 0 Å². The summed E-state index contributed by atoms with van der Waals surface area (Å²) in [6, 6.07) is 11.6. The average Bonchev–Trinajstić information content (AvgIpc) is 3.15. The summed E-state index contributed by atoms with van der Waals surface area (Å²) in [5, 5.41) is 5.51. The minimum Gasteiger partial charge on any atom is -0.357 e. The lowest BCUT2D eigenvalue weighted by Crippen LogP contribution is -2.37. The van der Waals surface area contributed by atoms with Crippen molar-refractivity contribution in [2.75, 3.05) is 10.2 Å². The molecule has 0 saturated carbocycles. The van der Waals surface area contributed by atoms with Gasteiger partial charge in [-0.2, -0.15) is 0 Å². The quantitative estimate of drug-likeness (QED) is 0.768. The van der Waals surface area contributed by atoms with E-state index in [0.29, 0.717) is 12.8 Å². The summed E-state index contributed by atoms with van der Waals surface area (Å²) in [6.07, 6.45) is 4.55. The topological polar surface area (TPSA) is 49.4 Å². The highest BCUT2D eigenvalue weighted by molar-refractivity contribution is 7.10. The first-order chi connectivity index (χ1) is 13.2. The number of rotatable bonds is 4. The second kappa shape index (κ2) is 7.69. The number of hydrogen-bond donors (Lipinski definition) is 1. The number of amides is 1. The number of Topliss-reactive ketones (excluding diaryl/α,β-unsaturated/α-hetero) is 1. The van der Waals surface area contributed by atoms with E-state index < -0.39 is 0 Å². The number of unbranched alkanes of at least 4 members (excludes halogenated alkanes) is 1. The number of hydrogen-bond acceptors (Lipinski definition) is 4. The van der Waals surface area contributed by atoms with Gasteiger partial charge < -0.3 is 5.32 Å². The van der Waals surface area contributed by atoms with E-state index in [2.05, 4.69) is 12.2 Å². The molecule has 4 rings (SSSR count). The van der Waals surface area contributed by atoms with Crippen molar-refractivity contribution in [1.82, 2.24) is 0 Å². The first-order valence-electron chi connectivity index (χ1n) is 9.68. The second-order valence-corrected chi connectivity index (χ2v) is 8.08. The Labute approximate surface area is 163 Å². The second-order valence-electron chi connectivity index (χ2n) is 7.10. The normalized spacial score (nSPS) is 19.2. The molecule has 1 aromatic carbocycles. The zero-order valence-corrected chi connectivity index (χ0v) is 16.3. The van der Waals surface area contributed by atoms with Crippen molar-refractivity contribution in [2.24, 2.45) is 0 Å². The van der Waals surface area contributed by atoms with Crippen LogP contribution in [0.1, 0.15) is 56.4 Å². The van der Waals surface area contributed by atoms with Crippen molar-refractivity contribution in [1.29, 1.82) is 0 Å². The van der Waals surface area contributed by atoms with Gasteiger partial charge in [0, 0.05) is 29.0 Å². The van der Waals surface area contributed by atoms with Crippen LogP contribution in [-0.2, 0) is 9.59 Å². The molecule has 1 aliphatic carbocycles. The predicted octanol–water partition coefficient (Wildman–Crippen LogP) is 5.45. The predicted molar refractivity (Wildman–Crippen MR) is 110 cm³/mol. The molecule has 2 aliphatic rings. The number of fused-ring (bicyclic) bond motifs is 1. The van der Waals surface area contributed by atoms with Gasteiger partial charge in [-0.1, -0.05) is 31.5 Å². The number of nitrogens with one attached hydrogen (secondary N) is 1. The zero-order valence-electron chi connectivity index (χ0n) is 15.5. The summed E-state index contributed by atoms with van der Waals surface area (Å²) in [6.45, 7) is 2.09. The van der Waals surface area contributed by atoms with Gasteiger partial charge in [-0.3, -0.25) is 14.5 Å². The van der Waals surface area contributed by atoms with E-state index in [1.807, 2.05) is 46.7 Å². The minimum absolute atomic E-state index is 0.0802. The van der Waals surface area contributed by atoms with Gasteiger partial charge in [0.15, 0.2) is 5.78 Å². The lowest BCUT2D eigenvalue weighted by atomic mass is 9.88. The molecule has 140 valence electrons. The van der Waals surface area contributed by atoms with E-state index in [0.717, 1.165) is 53.2 Å². The van der Waals surface area contributed by atoms with E-state index in [4.69, 9.17) is 0 Å². The van der Waals surface area contributed by atoms with Crippen molar-refractivity contribution >= 4 is 34.4 Å². The number of carbonyl (C=O) groups is 2. The standard InChI is InChI=1S/C22H24N2O2S/c1-2-3-13-20(26)24-17-10-5-4-8-15(17)23-16-9-6-11-18(25)21(16)22(24)19-12-7-14-27-19/h4-5,7-8,10,12,14,22-23H,2-3,6,9,11,13H2,1H3/t22-/m0/s1. The average molecular weight is 381 g/mol. The number of nitrogens with zero attached hydrogens (tertiary/aromatic N) is 1. The maximum Gasteiger partial charge on any atom is 0.227 e. The highest BCUT2D eigenvalue weighted by Gasteiger charge is 2.39. The molecule has 2 heterocycles. The van der Waals surface area contributed by atoms with Crippen LogP contribution in [0.3, 0.4) is 0 Å². The number of anilines is 2. The van der Waals surface area contributed by atoms with Gasteiger partial charge in [0.25, 0.3) is 0 Å². The van der Waals surface area contributed by atoms with E-state index >= 15 is 0 Å². The fourth-order valence-electron chi connectivity index (χ4n) is 3.97. The Morgan fingerprint density at radius 2 is 2.07 bits per heavy atom. The first-order valence-corrected chi connectivity index (χ1v) is 10.6. The van der Waals surface area contributed by atoms with Crippen molar-refractivity contribution in [3.05, 3.63) is 57.9 Å². The zero-order chi connectivity index (χ0) is 18.8.